The summed E-state index contributed by atoms with van der Waals surface area (Å²) in [7, 11) is 3.08. The molecule has 4 rings (SSSR count). The number of fused-ring (bicyclic) bond motifs is 1. The van der Waals surface area contributed by atoms with Gasteiger partial charge in [-0.3, -0.25) is 0 Å². The third-order valence-electron chi connectivity index (χ3n) is 5.98. The number of hydrogen-bond acceptors (Lipinski definition) is 5. The van der Waals surface area contributed by atoms with Crippen LogP contribution in [0.4, 0.5) is 24.8 Å². The number of aromatic nitrogens is 2. The van der Waals surface area contributed by atoms with Crippen molar-refractivity contribution in [3.8, 4) is 11.5 Å². The number of imidazole rings is 1. The Balaban J connectivity index is 0.000000363. The molecule has 0 amide bonds. The van der Waals surface area contributed by atoms with Gasteiger partial charge in [-0.15, -0.1) is 13.2 Å². The van der Waals surface area contributed by atoms with Crippen molar-refractivity contribution in [2.24, 2.45) is 12.5 Å². The van der Waals surface area contributed by atoms with Gasteiger partial charge in [-0.25, -0.2) is 9.78 Å². The van der Waals surface area contributed by atoms with Crippen LogP contribution in [0.2, 0.25) is 0 Å². The smallest absolute Gasteiger partial charge is 0.496 e. The predicted molar refractivity (Wildman–Crippen MR) is 127 cm³/mol. The molecule has 1 fully saturated rings. The summed E-state index contributed by atoms with van der Waals surface area (Å²) in [6.07, 6.45) is 2.55. The number of rotatable bonds is 5. The number of nitrogens with zero attached hydrogens (tertiary/aromatic N) is 2. The summed E-state index contributed by atoms with van der Waals surface area (Å²) >= 11 is 0. The fourth-order valence-electron chi connectivity index (χ4n) is 4.04. The Morgan fingerprint density at radius 2 is 1.74 bits per heavy atom. The molecule has 1 aliphatic rings. The maximum absolute atomic E-state index is 12.2. The van der Waals surface area contributed by atoms with Crippen LogP contribution in [0.25, 0.3) is 11.0 Å². The van der Waals surface area contributed by atoms with E-state index in [-0.39, 0.29) is 17.1 Å². The van der Waals surface area contributed by atoms with Gasteiger partial charge in [-0.2, -0.15) is 0 Å². The minimum atomic E-state index is -4.76. The fraction of sp³-hybridized carbons (Fsp3) is 0.440. The third kappa shape index (κ3) is 7.03. The molecule has 10 heteroatoms. The molecule has 2 N–H and O–H groups in total. The predicted octanol–water partition coefficient (Wildman–Crippen LogP) is 6.90. The summed E-state index contributed by atoms with van der Waals surface area (Å²) in [5.74, 6) is -0.916. The van der Waals surface area contributed by atoms with E-state index in [1.165, 1.54) is 69.5 Å². The van der Waals surface area contributed by atoms with Gasteiger partial charge in [0.1, 0.15) is 17.1 Å². The maximum atomic E-state index is 12.2. The summed E-state index contributed by atoms with van der Waals surface area (Å²) in [6, 6.07) is 8.10. The number of carboxylic acids is 1. The van der Waals surface area contributed by atoms with E-state index in [4.69, 9.17) is 4.74 Å². The van der Waals surface area contributed by atoms with E-state index in [1.807, 2.05) is 0 Å². The van der Waals surface area contributed by atoms with Gasteiger partial charge < -0.3 is 24.5 Å². The first-order valence-electron chi connectivity index (χ1n) is 11.3. The van der Waals surface area contributed by atoms with Crippen molar-refractivity contribution in [1.82, 2.24) is 9.55 Å². The van der Waals surface area contributed by atoms with Crippen molar-refractivity contribution in [3.63, 3.8) is 0 Å². The van der Waals surface area contributed by atoms with E-state index in [0.29, 0.717) is 28.1 Å². The zero-order valence-corrected chi connectivity index (χ0v) is 20.2. The fourth-order valence-corrected chi connectivity index (χ4v) is 4.04. The van der Waals surface area contributed by atoms with E-state index in [0.717, 1.165) is 0 Å². The highest BCUT2D eigenvalue weighted by Gasteiger charge is 2.31. The standard InChI is InChI=1S/C17H14F3N3O4.C8H16/c1-23-13-8-14(26-2)11(15(24)25)7-12(13)22-16(23)21-9-3-5-10(6-4-9)27-17(18,19)20;1-8(2)6-4-3-5-7-8/h3-8H,1-2H3,(H,21,22)(H,24,25);3-7H2,1-2H3. The number of benzene rings is 2. The minimum Gasteiger partial charge on any atom is -0.496 e. The molecule has 1 saturated carbocycles. The Kier molecular flexibility index (Phi) is 7.82. The van der Waals surface area contributed by atoms with Crippen LogP contribution in [0.3, 0.4) is 0 Å². The molecule has 1 aliphatic carbocycles. The molecule has 1 aromatic heterocycles. The van der Waals surface area contributed by atoms with Gasteiger partial charge in [-0.1, -0.05) is 33.1 Å². The molecule has 0 radical (unpaired) electrons. The van der Waals surface area contributed by atoms with Crippen LogP contribution in [0.5, 0.6) is 11.5 Å². The van der Waals surface area contributed by atoms with Crippen molar-refractivity contribution in [2.75, 3.05) is 12.4 Å². The minimum absolute atomic E-state index is 0.0247. The van der Waals surface area contributed by atoms with Crippen molar-refractivity contribution in [2.45, 2.75) is 52.3 Å². The third-order valence-corrected chi connectivity index (χ3v) is 5.98. The summed E-state index contributed by atoms with van der Waals surface area (Å²) in [6.45, 7) is 4.76. The van der Waals surface area contributed by atoms with E-state index < -0.39 is 12.3 Å². The van der Waals surface area contributed by atoms with Crippen molar-refractivity contribution >= 4 is 28.6 Å². The summed E-state index contributed by atoms with van der Waals surface area (Å²) < 4.78 is 47.2. The number of hydrogen-bond donors (Lipinski definition) is 2. The van der Waals surface area contributed by atoms with Crippen LogP contribution in [-0.4, -0.2) is 34.1 Å². The first-order chi connectivity index (χ1) is 16.4. The first-order valence-corrected chi connectivity index (χ1v) is 11.3. The normalized spacial score (nSPS) is 15.2. The van der Waals surface area contributed by atoms with Crippen LogP contribution in [-0.2, 0) is 7.05 Å². The lowest BCUT2D eigenvalue weighted by Crippen LogP contribution is -2.17. The number of aromatic carboxylic acids is 1. The monoisotopic (exact) mass is 493 g/mol. The Morgan fingerprint density at radius 1 is 1.11 bits per heavy atom. The summed E-state index contributed by atoms with van der Waals surface area (Å²) in [5.41, 5.74) is 2.18. The maximum Gasteiger partial charge on any atom is 0.573 e. The van der Waals surface area contributed by atoms with Crippen molar-refractivity contribution in [1.29, 1.82) is 0 Å². The second kappa shape index (κ2) is 10.5. The van der Waals surface area contributed by atoms with Gasteiger partial charge in [0, 0.05) is 18.8 Å². The molecule has 0 atom stereocenters. The number of carbonyl (C=O) groups is 1. The number of aryl methyl sites for hydroxylation is 1. The van der Waals surface area contributed by atoms with Crippen molar-refractivity contribution < 1.29 is 32.5 Å². The van der Waals surface area contributed by atoms with E-state index in [1.54, 1.807) is 17.7 Å². The largest absolute Gasteiger partial charge is 0.573 e. The molecule has 0 aliphatic heterocycles. The van der Waals surface area contributed by atoms with Gasteiger partial charge in [0.05, 0.1) is 18.1 Å². The number of alkyl halides is 3. The van der Waals surface area contributed by atoms with Gasteiger partial charge in [-0.05, 0) is 48.6 Å². The second-order valence-electron chi connectivity index (χ2n) is 9.26. The molecule has 0 spiro atoms. The average molecular weight is 494 g/mol. The van der Waals surface area contributed by atoms with E-state index >= 15 is 0 Å². The Bertz CT molecular complexity index is 1160. The Morgan fingerprint density at radius 3 is 2.23 bits per heavy atom. The van der Waals surface area contributed by atoms with Crippen LogP contribution in [0, 0.1) is 5.41 Å². The van der Waals surface area contributed by atoms with Crippen LogP contribution in [0.15, 0.2) is 36.4 Å². The highest BCUT2D eigenvalue weighted by Crippen LogP contribution is 2.34. The lowest BCUT2D eigenvalue weighted by atomic mass is 9.78. The van der Waals surface area contributed by atoms with E-state index in [9.17, 15) is 23.1 Å². The number of ether oxygens (including phenoxy) is 2. The van der Waals surface area contributed by atoms with Crippen molar-refractivity contribution in [3.05, 3.63) is 42.0 Å². The van der Waals surface area contributed by atoms with Crippen LogP contribution < -0.4 is 14.8 Å². The number of anilines is 2. The summed E-state index contributed by atoms with van der Waals surface area (Å²) in [5, 5.41) is 12.2. The molecule has 0 bridgehead atoms. The van der Waals surface area contributed by atoms with Gasteiger partial charge in [0.25, 0.3) is 0 Å². The molecule has 3 aromatic rings. The topological polar surface area (TPSA) is 85.6 Å². The lowest BCUT2D eigenvalue weighted by molar-refractivity contribution is -0.274. The number of halogens is 3. The Labute approximate surface area is 201 Å². The molecule has 190 valence electrons. The van der Waals surface area contributed by atoms with Gasteiger partial charge in [0.2, 0.25) is 5.95 Å². The highest BCUT2D eigenvalue weighted by atomic mass is 19.4. The quantitative estimate of drug-likeness (QED) is 0.402. The number of carboxylic acid groups (broad SMARTS) is 1. The second-order valence-corrected chi connectivity index (χ2v) is 9.26. The van der Waals surface area contributed by atoms with Crippen LogP contribution in [0.1, 0.15) is 56.3 Å². The average Bonchev–Trinajstić information content (AvgIpc) is 3.08. The number of methoxy groups -OCH3 is 1. The molecule has 0 saturated heterocycles. The molecule has 1 heterocycles. The van der Waals surface area contributed by atoms with Gasteiger partial charge in [0.15, 0.2) is 0 Å². The Hall–Kier alpha value is -3.43. The number of nitrogens with one attached hydrogen (secondary N) is 1. The molecule has 7 nitrogen and oxygen atoms in total. The molecule has 0 unspecified atom stereocenters. The lowest BCUT2D eigenvalue weighted by Gasteiger charge is -2.28. The molecule has 35 heavy (non-hydrogen) atoms. The first kappa shape index (κ1) is 26.2. The zero-order chi connectivity index (χ0) is 25.8. The van der Waals surface area contributed by atoms with E-state index in [2.05, 4.69) is 28.9 Å². The van der Waals surface area contributed by atoms with Gasteiger partial charge >= 0.3 is 12.3 Å². The SMILES string of the molecule is CC1(C)CCCCC1.COc1cc2c(cc1C(=O)O)nc(Nc1ccc(OC(F)(F)F)cc1)n2C. The molecule has 2 aromatic carbocycles. The highest BCUT2D eigenvalue weighted by molar-refractivity contribution is 5.96. The molecular weight excluding hydrogens is 463 g/mol. The summed E-state index contributed by atoms with van der Waals surface area (Å²) in [4.78, 5) is 15.6. The molecular formula is C25H30F3N3O4. The van der Waals surface area contributed by atoms with Crippen LogP contribution >= 0.6 is 0 Å². The zero-order valence-electron chi connectivity index (χ0n) is 20.2.